The van der Waals surface area contributed by atoms with Crippen molar-refractivity contribution in [3.8, 4) is 0 Å². The van der Waals surface area contributed by atoms with E-state index in [4.69, 9.17) is 10.9 Å². The van der Waals surface area contributed by atoms with Gasteiger partial charge < -0.3 is 11.1 Å². The van der Waals surface area contributed by atoms with E-state index in [1.54, 1.807) is 26.0 Å². The lowest BCUT2D eigenvalue weighted by Gasteiger charge is -2.17. The molecule has 0 heterocycles. The number of amides is 1. The number of rotatable bonds is 5. The van der Waals surface area contributed by atoms with E-state index in [-0.39, 0.29) is 23.8 Å². The smallest absolute Gasteiger partial charge is 0.238 e. The summed E-state index contributed by atoms with van der Waals surface area (Å²) in [4.78, 5) is 11.6. The SMILES string of the molecule is CC(C)(N)CC(=O)NCc1cccc(S(N)(=O)=O)c1. The lowest BCUT2D eigenvalue weighted by molar-refractivity contribution is -0.122. The molecule has 0 aliphatic heterocycles. The molecule has 0 bridgehead atoms. The van der Waals surface area contributed by atoms with Crippen LogP contribution in [0.4, 0.5) is 0 Å². The van der Waals surface area contributed by atoms with Gasteiger partial charge in [0.15, 0.2) is 0 Å². The molecule has 19 heavy (non-hydrogen) atoms. The Morgan fingerprint density at radius 1 is 1.37 bits per heavy atom. The van der Waals surface area contributed by atoms with Gasteiger partial charge in [0.05, 0.1) is 4.90 Å². The van der Waals surface area contributed by atoms with Crippen LogP contribution in [0.5, 0.6) is 0 Å². The number of carbonyl (C=O) groups excluding carboxylic acids is 1. The molecule has 0 aromatic heterocycles. The molecule has 7 heteroatoms. The second kappa shape index (κ2) is 5.68. The molecule has 0 unspecified atom stereocenters. The van der Waals surface area contributed by atoms with Gasteiger partial charge >= 0.3 is 0 Å². The third kappa shape index (κ3) is 5.82. The van der Waals surface area contributed by atoms with Crippen molar-refractivity contribution in [1.82, 2.24) is 5.32 Å². The minimum Gasteiger partial charge on any atom is -0.352 e. The number of carbonyl (C=O) groups is 1. The topological polar surface area (TPSA) is 115 Å². The molecule has 0 saturated heterocycles. The monoisotopic (exact) mass is 285 g/mol. The average molecular weight is 285 g/mol. The Balaban J connectivity index is 2.67. The van der Waals surface area contributed by atoms with E-state index in [0.29, 0.717) is 5.56 Å². The molecule has 0 aliphatic rings. The van der Waals surface area contributed by atoms with Crippen LogP contribution >= 0.6 is 0 Å². The second-order valence-electron chi connectivity index (χ2n) is 5.13. The molecule has 1 amide bonds. The number of primary sulfonamides is 1. The van der Waals surface area contributed by atoms with E-state index in [1.807, 2.05) is 0 Å². The van der Waals surface area contributed by atoms with E-state index in [2.05, 4.69) is 5.32 Å². The summed E-state index contributed by atoms with van der Waals surface area (Å²) >= 11 is 0. The lowest BCUT2D eigenvalue weighted by atomic mass is 10.0. The van der Waals surface area contributed by atoms with Crippen LogP contribution in [-0.2, 0) is 21.4 Å². The molecule has 1 aromatic rings. The molecule has 0 fully saturated rings. The summed E-state index contributed by atoms with van der Waals surface area (Å²) in [5.74, 6) is -0.187. The van der Waals surface area contributed by atoms with Gasteiger partial charge in [-0.1, -0.05) is 12.1 Å². The fraction of sp³-hybridized carbons (Fsp3) is 0.417. The molecule has 0 radical (unpaired) electrons. The van der Waals surface area contributed by atoms with Crippen LogP contribution in [0.25, 0.3) is 0 Å². The second-order valence-corrected chi connectivity index (χ2v) is 6.70. The van der Waals surface area contributed by atoms with Crippen LogP contribution in [-0.4, -0.2) is 19.9 Å². The van der Waals surface area contributed by atoms with E-state index >= 15 is 0 Å². The van der Waals surface area contributed by atoms with Gasteiger partial charge in [0.1, 0.15) is 0 Å². The van der Waals surface area contributed by atoms with Gasteiger partial charge in [-0.05, 0) is 31.5 Å². The zero-order valence-electron chi connectivity index (χ0n) is 11.0. The van der Waals surface area contributed by atoms with Gasteiger partial charge in [0.2, 0.25) is 15.9 Å². The normalized spacial score (nSPS) is 12.2. The molecule has 0 saturated carbocycles. The molecule has 6 nitrogen and oxygen atoms in total. The van der Waals surface area contributed by atoms with E-state index in [9.17, 15) is 13.2 Å². The molecule has 0 spiro atoms. The van der Waals surface area contributed by atoms with Gasteiger partial charge in [0, 0.05) is 18.5 Å². The Labute approximate surface area is 113 Å². The van der Waals surface area contributed by atoms with Crippen molar-refractivity contribution in [2.45, 2.75) is 37.2 Å². The Hall–Kier alpha value is -1.44. The number of sulfonamides is 1. The molecule has 1 aromatic carbocycles. The van der Waals surface area contributed by atoms with E-state index in [1.165, 1.54) is 12.1 Å². The first kappa shape index (κ1) is 15.6. The highest BCUT2D eigenvalue weighted by molar-refractivity contribution is 7.89. The number of benzene rings is 1. The fourth-order valence-corrected chi connectivity index (χ4v) is 2.09. The molecule has 1 rings (SSSR count). The molecule has 5 N–H and O–H groups in total. The first-order chi connectivity index (χ1) is 8.58. The molecule has 0 aliphatic carbocycles. The number of nitrogens with one attached hydrogen (secondary N) is 1. The molecule has 106 valence electrons. The van der Waals surface area contributed by atoms with Crippen molar-refractivity contribution in [3.05, 3.63) is 29.8 Å². The van der Waals surface area contributed by atoms with Crippen LogP contribution in [0, 0.1) is 0 Å². The predicted octanol–water partition coefficient (Wildman–Crippen LogP) is 0.0776. The fourth-order valence-electron chi connectivity index (χ4n) is 1.51. The summed E-state index contributed by atoms with van der Waals surface area (Å²) in [5.41, 5.74) is 5.81. The molecule has 0 atom stereocenters. The summed E-state index contributed by atoms with van der Waals surface area (Å²) in [5, 5.41) is 7.71. The standard InChI is InChI=1S/C12H19N3O3S/c1-12(2,13)7-11(16)15-8-9-4-3-5-10(6-9)19(14,17)18/h3-6H,7-8,13H2,1-2H3,(H,15,16)(H2,14,17,18). The van der Waals surface area contributed by atoms with E-state index in [0.717, 1.165) is 0 Å². The maximum atomic E-state index is 11.6. The highest BCUT2D eigenvalue weighted by Crippen LogP contribution is 2.10. The molecular weight excluding hydrogens is 266 g/mol. The third-order valence-corrected chi connectivity index (χ3v) is 3.24. The van der Waals surface area contributed by atoms with Gasteiger partial charge in [-0.3, -0.25) is 4.79 Å². The summed E-state index contributed by atoms with van der Waals surface area (Å²) < 4.78 is 22.4. The Morgan fingerprint density at radius 3 is 2.53 bits per heavy atom. The summed E-state index contributed by atoms with van der Waals surface area (Å²) in [6.07, 6.45) is 0.196. The Kier molecular flexibility index (Phi) is 4.67. The van der Waals surface area contributed by atoms with Crippen LogP contribution in [0.3, 0.4) is 0 Å². The zero-order chi connectivity index (χ0) is 14.7. The van der Waals surface area contributed by atoms with Crippen LogP contribution < -0.4 is 16.2 Å². The van der Waals surface area contributed by atoms with Crippen molar-refractivity contribution < 1.29 is 13.2 Å². The van der Waals surface area contributed by atoms with Crippen LogP contribution in [0.2, 0.25) is 0 Å². The van der Waals surface area contributed by atoms with Crippen LogP contribution in [0.1, 0.15) is 25.8 Å². The summed E-state index contributed by atoms with van der Waals surface area (Å²) in [6, 6.07) is 6.13. The number of hydrogen-bond donors (Lipinski definition) is 3. The summed E-state index contributed by atoms with van der Waals surface area (Å²) in [7, 11) is -3.73. The first-order valence-electron chi connectivity index (χ1n) is 5.75. The van der Waals surface area contributed by atoms with Gasteiger partial charge in [0.25, 0.3) is 0 Å². The minimum absolute atomic E-state index is 0.0263. The maximum Gasteiger partial charge on any atom is 0.238 e. The van der Waals surface area contributed by atoms with Crippen molar-refractivity contribution in [2.24, 2.45) is 10.9 Å². The number of nitrogens with two attached hydrogens (primary N) is 2. The van der Waals surface area contributed by atoms with Gasteiger partial charge in [-0.25, -0.2) is 13.6 Å². The predicted molar refractivity (Wildman–Crippen MR) is 72.5 cm³/mol. The van der Waals surface area contributed by atoms with Crippen molar-refractivity contribution >= 4 is 15.9 Å². The highest BCUT2D eigenvalue weighted by atomic mass is 32.2. The highest BCUT2D eigenvalue weighted by Gasteiger charge is 2.16. The van der Waals surface area contributed by atoms with Gasteiger partial charge in [-0.2, -0.15) is 0 Å². The van der Waals surface area contributed by atoms with Crippen LogP contribution in [0.15, 0.2) is 29.2 Å². The number of hydrogen-bond acceptors (Lipinski definition) is 4. The maximum absolute atomic E-state index is 11.6. The average Bonchev–Trinajstić information content (AvgIpc) is 2.23. The van der Waals surface area contributed by atoms with E-state index < -0.39 is 15.6 Å². The molecular formula is C12H19N3O3S. The first-order valence-corrected chi connectivity index (χ1v) is 7.30. The lowest BCUT2D eigenvalue weighted by Crippen LogP contribution is -2.38. The van der Waals surface area contributed by atoms with Crippen molar-refractivity contribution in [3.63, 3.8) is 0 Å². The van der Waals surface area contributed by atoms with Crippen molar-refractivity contribution in [1.29, 1.82) is 0 Å². The summed E-state index contributed by atoms with van der Waals surface area (Å²) in [6.45, 7) is 3.75. The Morgan fingerprint density at radius 2 is 2.00 bits per heavy atom. The zero-order valence-corrected chi connectivity index (χ0v) is 11.8. The van der Waals surface area contributed by atoms with Gasteiger partial charge in [-0.15, -0.1) is 0 Å². The van der Waals surface area contributed by atoms with Crippen molar-refractivity contribution in [2.75, 3.05) is 0 Å². The third-order valence-electron chi connectivity index (χ3n) is 2.33. The minimum atomic E-state index is -3.73. The largest absolute Gasteiger partial charge is 0.352 e. The Bertz CT molecular complexity index is 562. The quantitative estimate of drug-likeness (QED) is 0.710.